The van der Waals surface area contributed by atoms with E-state index in [1.54, 1.807) is 42.5 Å². The van der Waals surface area contributed by atoms with Gasteiger partial charge in [0.1, 0.15) is 0 Å². The van der Waals surface area contributed by atoms with Crippen LogP contribution in [0.3, 0.4) is 0 Å². The zero-order valence-electron chi connectivity index (χ0n) is 10.5. The SMILES string of the molecule is Nc1c(CC(=O)O)cccc1C(=O)c1ccc(Br)cc1.[BeH2]. The van der Waals surface area contributed by atoms with Crippen molar-refractivity contribution in [3.05, 3.63) is 63.6 Å². The van der Waals surface area contributed by atoms with E-state index >= 15 is 0 Å². The van der Waals surface area contributed by atoms with Crippen molar-refractivity contribution in [2.75, 3.05) is 5.73 Å². The second kappa shape index (κ2) is 7.16. The Kier molecular flexibility index (Phi) is 5.82. The fourth-order valence-corrected chi connectivity index (χ4v) is 2.15. The molecule has 0 fully saturated rings. The summed E-state index contributed by atoms with van der Waals surface area (Å²) in [6, 6.07) is 11.8. The van der Waals surface area contributed by atoms with Crippen molar-refractivity contribution in [1.29, 1.82) is 0 Å². The van der Waals surface area contributed by atoms with Gasteiger partial charge in [-0.1, -0.05) is 28.1 Å². The van der Waals surface area contributed by atoms with Crippen LogP contribution in [0.5, 0.6) is 0 Å². The second-order valence-corrected chi connectivity index (χ2v) is 5.20. The molecular weight excluding hydrogens is 331 g/mol. The minimum atomic E-state index is -0.982. The van der Waals surface area contributed by atoms with Gasteiger partial charge in [-0.2, -0.15) is 0 Å². The number of carboxylic acids is 1. The summed E-state index contributed by atoms with van der Waals surface area (Å²) in [5, 5.41) is 8.82. The number of nitrogens with two attached hydrogens (primary N) is 1. The third-order valence-electron chi connectivity index (χ3n) is 2.89. The predicted molar refractivity (Wildman–Crippen MR) is 88.3 cm³/mol. The molecule has 0 saturated carbocycles. The van der Waals surface area contributed by atoms with Crippen LogP contribution in [0.2, 0.25) is 0 Å². The van der Waals surface area contributed by atoms with Gasteiger partial charge in [0.15, 0.2) is 5.78 Å². The molecule has 0 saturated heterocycles. The number of aliphatic carboxylic acids is 1. The van der Waals surface area contributed by atoms with E-state index in [-0.39, 0.29) is 28.0 Å². The normalized spacial score (nSPS) is 9.76. The van der Waals surface area contributed by atoms with E-state index in [1.807, 2.05) is 0 Å². The molecule has 0 atom stereocenters. The Bertz CT molecular complexity index is 671. The molecular formula is C15H14BeBrNO3. The number of benzene rings is 2. The topological polar surface area (TPSA) is 80.4 Å². The fraction of sp³-hybridized carbons (Fsp3) is 0.0667. The average Bonchev–Trinajstić information content (AvgIpc) is 2.41. The van der Waals surface area contributed by atoms with Crippen LogP contribution in [0.1, 0.15) is 21.5 Å². The van der Waals surface area contributed by atoms with Crippen molar-refractivity contribution in [2.24, 2.45) is 0 Å². The van der Waals surface area contributed by atoms with Gasteiger partial charge < -0.3 is 10.8 Å². The first-order valence-electron chi connectivity index (χ1n) is 5.88. The maximum absolute atomic E-state index is 12.4. The molecule has 2 rings (SSSR count). The Balaban J connectivity index is 0.00000220. The Morgan fingerprint density at radius 3 is 2.29 bits per heavy atom. The summed E-state index contributed by atoms with van der Waals surface area (Å²) in [6.07, 6.45) is -0.201. The molecule has 0 aromatic heterocycles. The molecule has 0 aliphatic carbocycles. The number of hydrogen-bond acceptors (Lipinski definition) is 3. The Morgan fingerprint density at radius 1 is 1.10 bits per heavy atom. The van der Waals surface area contributed by atoms with E-state index < -0.39 is 5.97 Å². The predicted octanol–water partition coefficient (Wildman–Crippen LogP) is 1.97. The van der Waals surface area contributed by atoms with Crippen molar-refractivity contribution in [3.63, 3.8) is 0 Å². The van der Waals surface area contributed by atoms with Crippen molar-refractivity contribution in [1.82, 2.24) is 0 Å². The van der Waals surface area contributed by atoms with Crippen LogP contribution in [0.25, 0.3) is 0 Å². The van der Waals surface area contributed by atoms with Gasteiger partial charge in [0.05, 0.1) is 6.42 Å². The number of nitrogen functional groups attached to an aromatic ring is 1. The number of para-hydroxylation sites is 1. The molecule has 0 spiro atoms. The third-order valence-corrected chi connectivity index (χ3v) is 3.42. The van der Waals surface area contributed by atoms with Crippen LogP contribution in [0.15, 0.2) is 46.9 Å². The number of halogens is 1. The molecule has 4 nitrogen and oxygen atoms in total. The van der Waals surface area contributed by atoms with Crippen LogP contribution in [-0.4, -0.2) is 27.0 Å². The van der Waals surface area contributed by atoms with Crippen molar-refractivity contribution >= 4 is 43.5 Å². The molecule has 3 N–H and O–H groups in total. The van der Waals surface area contributed by atoms with Crippen LogP contribution < -0.4 is 5.73 Å². The van der Waals surface area contributed by atoms with E-state index in [0.717, 1.165) is 4.47 Å². The van der Waals surface area contributed by atoms with E-state index in [2.05, 4.69) is 15.9 Å². The summed E-state index contributed by atoms with van der Waals surface area (Å²) in [6.45, 7) is 0. The summed E-state index contributed by atoms with van der Waals surface area (Å²) in [7, 11) is 0. The molecule has 0 heterocycles. The van der Waals surface area contributed by atoms with Crippen molar-refractivity contribution in [2.45, 2.75) is 6.42 Å². The first-order chi connectivity index (χ1) is 9.49. The summed E-state index contributed by atoms with van der Waals surface area (Å²) in [4.78, 5) is 23.1. The first kappa shape index (κ1) is 17.1. The number of ketones is 1. The molecule has 2 aromatic carbocycles. The molecule has 0 aliphatic rings. The fourth-order valence-electron chi connectivity index (χ4n) is 1.88. The van der Waals surface area contributed by atoms with E-state index in [1.165, 1.54) is 0 Å². The van der Waals surface area contributed by atoms with Crippen molar-refractivity contribution in [3.8, 4) is 0 Å². The molecule has 2 aromatic rings. The van der Waals surface area contributed by atoms with Crippen LogP contribution in [0, 0.1) is 0 Å². The second-order valence-electron chi connectivity index (χ2n) is 4.28. The van der Waals surface area contributed by atoms with Gasteiger partial charge >= 0.3 is 16.1 Å². The monoisotopic (exact) mass is 344 g/mol. The maximum atomic E-state index is 12.4. The quantitative estimate of drug-likeness (QED) is 0.504. The number of anilines is 1. The van der Waals surface area contributed by atoms with Gasteiger partial charge in [0.25, 0.3) is 0 Å². The van der Waals surface area contributed by atoms with Crippen LogP contribution >= 0.6 is 15.9 Å². The number of carbonyl (C=O) groups is 2. The van der Waals surface area contributed by atoms with Gasteiger partial charge in [0.2, 0.25) is 0 Å². The number of carbonyl (C=O) groups excluding carboxylic acids is 1. The minimum absolute atomic E-state index is 0. The third kappa shape index (κ3) is 4.00. The van der Waals surface area contributed by atoms with E-state index in [0.29, 0.717) is 16.7 Å². The number of carboxylic acid groups (broad SMARTS) is 1. The standard InChI is InChI=1S/C15H12BrNO3.Be.2H/c16-11-6-4-9(5-7-11)15(20)12-3-1-2-10(14(12)17)8-13(18)19;;;/h1-7H,8,17H2,(H,18,19);;;. The van der Waals surface area contributed by atoms with Crippen molar-refractivity contribution < 1.29 is 14.7 Å². The average molecular weight is 345 g/mol. The number of hydrogen-bond donors (Lipinski definition) is 2. The zero-order valence-corrected chi connectivity index (χ0v) is 12.1. The Labute approximate surface area is 134 Å². The van der Waals surface area contributed by atoms with Gasteiger partial charge in [-0.25, -0.2) is 0 Å². The van der Waals surface area contributed by atoms with Gasteiger partial charge in [-0.15, -0.1) is 0 Å². The number of rotatable bonds is 4. The van der Waals surface area contributed by atoms with Gasteiger partial charge in [-0.3, -0.25) is 9.59 Å². The van der Waals surface area contributed by atoms with E-state index in [9.17, 15) is 9.59 Å². The zero-order chi connectivity index (χ0) is 14.7. The molecule has 0 amide bonds. The Hall–Kier alpha value is -1.97. The molecule has 0 aliphatic heterocycles. The van der Waals surface area contributed by atoms with Crippen LogP contribution in [-0.2, 0) is 11.2 Å². The first-order valence-corrected chi connectivity index (χ1v) is 6.68. The van der Waals surface area contributed by atoms with Gasteiger partial charge in [-0.05, 0) is 35.9 Å². The summed E-state index contributed by atoms with van der Waals surface area (Å²) < 4.78 is 0.877. The summed E-state index contributed by atoms with van der Waals surface area (Å²) in [5.41, 5.74) is 7.41. The molecule has 106 valence electrons. The van der Waals surface area contributed by atoms with Crippen LogP contribution in [0.4, 0.5) is 5.69 Å². The van der Waals surface area contributed by atoms with Gasteiger partial charge in [0, 0.05) is 21.3 Å². The van der Waals surface area contributed by atoms with E-state index in [4.69, 9.17) is 10.8 Å². The molecule has 21 heavy (non-hydrogen) atoms. The summed E-state index contributed by atoms with van der Waals surface area (Å²) in [5.74, 6) is -1.20. The Morgan fingerprint density at radius 2 is 1.71 bits per heavy atom. The molecule has 6 heteroatoms. The molecule has 0 bridgehead atoms. The molecule has 0 radical (unpaired) electrons. The summed E-state index contributed by atoms with van der Waals surface area (Å²) >= 11 is 3.30. The molecule has 0 unspecified atom stereocenters.